The number of rotatable bonds is 3. The number of carbonyl (C=O) groups is 3. The highest BCUT2D eigenvalue weighted by atomic mass is 35.5. The number of Topliss-reactive ketones (excluding diaryl/α,β-unsaturated/α-hetero) is 1. The lowest BCUT2D eigenvalue weighted by Gasteiger charge is -2.32. The van der Waals surface area contributed by atoms with Crippen LogP contribution in [0, 0.1) is 10.8 Å². The maximum Gasteiger partial charge on any atom is 0.341 e. The number of hydrogen-bond acceptors (Lipinski definition) is 5. The van der Waals surface area contributed by atoms with E-state index >= 15 is 0 Å². The van der Waals surface area contributed by atoms with Gasteiger partial charge in [-0.3, -0.25) is 9.59 Å². The van der Waals surface area contributed by atoms with Gasteiger partial charge in [-0.2, -0.15) is 0 Å². The molecule has 0 fully saturated rings. The van der Waals surface area contributed by atoms with E-state index in [4.69, 9.17) is 16.3 Å². The molecule has 0 heterocycles. The predicted octanol–water partition coefficient (Wildman–Crippen LogP) is 2.04. The molecule has 116 valence electrons. The zero-order chi connectivity index (χ0) is 16.4. The highest BCUT2D eigenvalue weighted by molar-refractivity contribution is 6.27. The Bertz CT molecular complexity index is 539. The van der Waals surface area contributed by atoms with E-state index in [1.165, 1.54) is 26.4 Å². The van der Waals surface area contributed by atoms with Crippen LogP contribution in [0.2, 0.25) is 0 Å². The summed E-state index contributed by atoms with van der Waals surface area (Å²) >= 11 is 5.93. The van der Waals surface area contributed by atoms with E-state index in [2.05, 4.69) is 4.74 Å². The van der Waals surface area contributed by atoms with Gasteiger partial charge in [0.1, 0.15) is 11.0 Å². The molecule has 6 heteroatoms. The van der Waals surface area contributed by atoms with Crippen LogP contribution in [0.3, 0.4) is 0 Å². The van der Waals surface area contributed by atoms with Gasteiger partial charge in [0.15, 0.2) is 5.78 Å². The Labute approximate surface area is 128 Å². The van der Waals surface area contributed by atoms with Gasteiger partial charge in [0.05, 0.1) is 14.2 Å². The largest absolute Gasteiger partial charge is 0.468 e. The fraction of sp³-hybridized carbons (Fsp3) is 0.533. The summed E-state index contributed by atoms with van der Waals surface area (Å²) in [5, 5.41) is 0. The molecule has 0 radical (unpaired) electrons. The van der Waals surface area contributed by atoms with E-state index < -0.39 is 28.6 Å². The van der Waals surface area contributed by atoms with Gasteiger partial charge >= 0.3 is 11.9 Å². The molecule has 1 atom stereocenters. The molecule has 1 aliphatic rings. The minimum absolute atomic E-state index is 0.146. The number of halogens is 1. The first-order chi connectivity index (χ1) is 9.62. The van der Waals surface area contributed by atoms with Crippen LogP contribution in [-0.4, -0.2) is 37.8 Å². The van der Waals surface area contributed by atoms with Gasteiger partial charge in [-0.15, -0.1) is 11.6 Å². The SMILES string of the molecule is COC(=O)C1=CC(CCl)(C(=O)OC)C=C(C(C)(C)C)C1=O. The Balaban J connectivity index is 3.57. The highest BCUT2D eigenvalue weighted by Crippen LogP contribution is 2.39. The third kappa shape index (κ3) is 3.18. The van der Waals surface area contributed by atoms with Crippen molar-refractivity contribution in [3.63, 3.8) is 0 Å². The van der Waals surface area contributed by atoms with Crippen molar-refractivity contribution in [2.75, 3.05) is 20.1 Å². The summed E-state index contributed by atoms with van der Waals surface area (Å²) in [5.41, 5.74) is -1.78. The molecule has 0 spiro atoms. The van der Waals surface area contributed by atoms with Crippen LogP contribution in [0.4, 0.5) is 0 Å². The normalized spacial score (nSPS) is 22.3. The standard InChI is InChI=1S/C15H19ClO5/c1-14(2,3)10-7-15(8-16,13(19)21-5)6-9(11(10)17)12(18)20-4/h6-7H,8H2,1-5H3. The topological polar surface area (TPSA) is 69.7 Å². The quantitative estimate of drug-likeness (QED) is 0.453. The zero-order valence-electron chi connectivity index (χ0n) is 12.8. The molecule has 0 bridgehead atoms. The van der Waals surface area contributed by atoms with Crippen molar-refractivity contribution in [3.8, 4) is 0 Å². The molecule has 5 nitrogen and oxygen atoms in total. The maximum atomic E-state index is 12.5. The second-order valence-corrected chi connectivity index (χ2v) is 6.12. The molecule has 1 unspecified atom stereocenters. The highest BCUT2D eigenvalue weighted by Gasteiger charge is 2.44. The van der Waals surface area contributed by atoms with Crippen LogP contribution in [0.15, 0.2) is 23.3 Å². The summed E-state index contributed by atoms with van der Waals surface area (Å²) < 4.78 is 9.39. The third-order valence-corrected chi connectivity index (χ3v) is 3.74. The van der Waals surface area contributed by atoms with Crippen LogP contribution in [0.5, 0.6) is 0 Å². The Morgan fingerprint density at radius 2 is 1.76 bits per heavy atom. The van der Waals surface area contributed by atoms with E-state index in [1.807, 2.05) is 20.8 Å². The zero-order valence-corrected chi connectivity index (χ0v) is 13.5. The van der Waals surface area contributed by atoms with Gasteiger partial charge in [-0.25, -0.2) is 4.79 Å². The number of esters is 2. The smallest absolute Gasteiger partial charge is 0.341 e. The van der Waals surface area contributed by atoms with Gasteiger partial charge in [0.25, 0.3) is 0 Å². The Hall–Kier alpha value is -1.62. The summed E-state index contributed by atoms with van der Waals surface area (Å²) in [5.74, 6) is -2.03. The van der Waals surface area contributed by atoms with Crippen molar-refractivity contribution < 1.29 is 23.9 Å². The van der Waals surface area contributed by atoms with Crippen LogP contribution >= 0.6 is 11.6 Å². The second kappa shape index (κ2) is 6.02. The van der Waals surface area contributed by atoms with E-state index in [1.54, 1.807) is 0 Å². The second-order valence-electron chi connectivity index (χ2n) is 5.85. The maximum absolute atomic E-state index is 12.5. The van der Waals surface area contributed by atoms with Gasteiger partial charge in [0, 0.05) is 11.5 Å². The number of ether oxygens (including phenoxy) is 2. The first-order valence-corrected chi connectivity index (χ1v) is 6.90. The molecule has 21 heavy (non-hydrogen) atoms. The minimum atomic E-state index is -1.35. The minimum Gasteiger partial charge on any atom is -0.468 e. The van der Waals surface area contributed by atoms with E-state index in [9.17, 15) is 14.4 Å². The molecule has 0 saturated heterocycles. The molecule has 1 aliphatic carbocycles. The van der Waals surface area contributed by atoms with Crippen molar-refractivity contribution in [1.82, 2.24) is 0 Å². The Morgan fingerprint density at radius 1 is 1.19 bits per heavy atom. The lowest BCUT2D eigenvalue weighted by molar-refractivity contribution is -0.146. The average molecular weight is 315 g/mol. The van der Waals surface area contributed by atoms with Gasteiger partial charge < -0.3 is 9.47 Å². The van der Waals surface area contributed by atoms with Crippen LogP contribution in [0.1, 0.15) is 20.8 Å². The lowest BCUT2D eigenvalue weighted by atomic mass is 9.71. The van der Waals surface area contributed by atoms with Crippen molar-refractivity contribution in [1.29, 1.82) is 0 Å². The van der Waals surface area contributed by atoms with Crippen LogP contribution in [-0.2, 0) is 23.9 Å². The molecular weight excluding hydrogens is 296 g/mol. The van der Waals surface area contributed by atoms with Gasteiger partial charge in [-0.05, 0) is 11.5 Å². The lowest BCUT2D eigenvalue weighted by Crippen LogP contribution is -2.38. The molecular formula is C15H19ClO5. The molecule has 0 saturated carbocycles. The molecule has 0 amide bonds. The number of allylic oxidation sites excluding steroid dienone is 1. The molecule has 1 rings (SSSR count). The molecule has 0 aromatic rings. The van der Waals surface area contributed by atoms with Crippen molar-refractivity contribution in [2.45, 2.75) is 20.8 Å². The summed E-state index contributed by atoms with van der Waals surface area (Å²) in [6, 6.07) is 0. The van der Waals surface area contributed by atoms with E-state index in [0.717, 1.165) is 0 Å². The van der Waals surface area contributed by atoms with Gasteiger partial charge in [-0.1, -0.05) is 26.8 Å². The number of carbonyl (C=O) groups excluding carboxylic acids is 3. The number of alkyl halides is 1. The molecule has 0 aromatic carbocycles. The van der Waals surface area contributed by atoms with Crippen molar-refractivity contribution in [3.05, 3.63) is 23.3 Å². The molecule has 0 aliphatic heterocycles. The number of methoxy groups -OCH3 is 2. The Kier molecular flexibility index (Phi) is 4.99. The Morgan fingerprint density at radius 3 is 2.14 bits per heavy atom. The van der Waals surface area contributed by atoms with E-state index in [-0.39, 0.29) is 11.5 Å². The predicted molar refractivity (Wildman–Crippen MR) is 77.8 cm³/mol. The summed E-state index contributed by atoms with van der Waals surface area (Å²) in [6.45, 7) is 5.44. The first-order valence-electron chi connectivity index (χ1n) is 6.36. The average Bonchev–Trinajstić information content (AvgIpc) is 2.44. The third-order valence-electron chi connectivity index (χ3n) is 3.29. The monoisotopic (exact) mass is 314 g/mol. The summed E-state index contributed by atoms with van der Waals surface area (Å²) in [6.07, 6.45) is 2.72. The first kappa shape index (κ1) is 17.4. The fourth-order valence-electron chi connectivity index (χ4n) is 2.09. The van der Waals surface area contributed by atoms with Crippen molar-refractivity contribution in [2.24, 2.45) is 10.8 Å². The van der Waals surface area contributed by atoms with Crippen LogP contribution in [0.25, 0.3) is 0 Å². The van der Waals surface area contributed by atoms with Crippen LogP contribution < -0.4 is 0 Å². The van der Waals surface area contributed by atoms with E-state index in [0.29, 0.717) is 5.57 Å². The molecule has 0 N–H and O–H groups in total. The summed E-state index contributed by atoms with van der Waals surface area (Å²) in [7, 11) is 2.40. The summed E-state index contributed by atoms with van der Waals surface area (Å²) in [4.78, 5) is 36.4. The number of ketones is 1. The van der Waals surface area contributed by atoms with Crippen molar-refractivity contribution >= 4 is 29.3 Å². The molecule has 0 aromatic heterocycles. The fourth-order valence-corrected chi connectivity index (χ4v) is 2.35. The number of hydrogen-bond donors (Lipinski definition) is 0. The van der Waals surface area contributed by atoms with Gasteiger partial charge in [0.2, 0.25) is 0 Å².